The van der Waals surface area contributed by atoms with Gasteiger partial charge in [0.2, 0.25) is 5.91 Å². The number of halogens is 3. The van der Waals surface area contributed by atoms with Crippen LogP contribution in [0.5, 0.6) is 0 Å². The van der Waals surface area contributed by atoms with E-state index in [1.807, 2.05) is 30.3 Å². The largest absolute Gasteiger partial charge is 0.404 e. The number of carbonyl (C=O) groups excluding carboxylic acids is 1. The Morgan fingerprint density at radius 2 is 2.04 bits per heavy atom. The minimum absolute atomic E-state index is 0.217. The lowest BCUT2D eigenvalue weighted by Gasteiger charge is -2.30. The van der Waals surface area contributed by atoms with Gasteiger partial charge in [-0.3, -0.25) is 14.4 Å². The molecule has 1 saturated heterocycles. The van der Waals surface area contributed by atoms with Crippen LogP contribution in [-0.2, 0) is 18.4 Å². The standard InChI is InChI=1S/C17H19F3N4O/c1-23-11-14(9-21-23)22-15(25)16(17(18,19)20)7-8-24(12-16)10-13-5-3-2-4-6-13/h2-6,9,11H,7-8,10,12H2,1H3,(H,22,25). The van der Waals surface area contributed by atoms with Crippen molar-refractivity contribution in [3.63, 3.8) is 0 Å². The molecule has 1 aliphatic rings. The number of likely N-dealkylation sites (tertiary alicyclic amines) is 1. The molecular weight excluding hydrogens is 333 g/mol. The number of aromatic nitrogens is 2. The molecule has 0 bridgehead atoms. The van der Waals surface area contributed by atoms with Crippen LogP contribution in [0, 0.1) is 5.41 Å². The minimum atomic E-state index is -4.62. The van der Waals surface area contributed by atoms with E-state index in [4.69, 9.17) is 0 Å². The lowest BCUT2D eigenvalue weighted by molar-refractivity contribution is -0.215. The van der Waals surface area contributed by atoms with E-state index in [1.165, 1.54) is 17.1 Å². The first-order valence-corrected chi connectivity index (χ1v) is 7.93. The maximum absolute atomic E-state index is 13.8. The summed E-state index contributed by atoms with van der Waals surface area (Å²) in [6.45, 7) is 0.255. The number of hydrogen-bond donors (Lipinski definition) is 1. The van der Waals surface area contributed by atoms with Crippen LogP contribution in [0.3, 0.4) is 0 Å². The topological polar surface area (TPSA) is 50.2 Å². The SMILES string of the molecule is Cn1cc(NC(=O)C2(C(F)(F)F)CCN(Cc3ccccc3)C2)cn1. The Bertz CT molecular complexity index is 744. The summed E-state index contributed by atoms with van der Waals surface area (Å²) in [6.07, 6.45) is -2.07. The van der Waals surface area contributed by atoms with Gasteiger partial charge < -0.3 is 5.32 Å². The van der Waals surface area contributed by atoms with E-state index in [2.05, 4.69) is 10.4 Å². The van der Waals surface area contributed by atoms with Crippen LogP contribution in [-0.4, -0.2) is 39.9 Å². The number of benzene rings is 1. The summed E-state index contributed by atoms with van der Waals surface area (Å²) in [5.74, 6) is -1.02. The quantitative estimate of drug-likeness (QED) is 0.921. The maximum Gasteiger partial charge on any atom is 0.404 e. The molecule has 0 saturated carbocycles. The Kier molecular flexibility index (Phi) is 4.55. The number of carbonyl (C=O) groups is 1. The van der Waals surface area contributed by atoms with Gasteiger partial charge in [0.1, 0.15) is 0 Å². The first-order valence-electron chi connectivity index (χ1n) is 7.93. The van der Waals surface area contributed by atoms with Crippen molar-refractivity contribution in [2.75, 3.05) is 18.4 Å². The number of nitrogens with one attached hydrogen (secondary N) is 1. The van der Waals surface area contributed by atoms with E-state index in [9.17, 15) is 18.0 Å². The molecule has 134 valence electrons. The Labute approximate surface area is 143 Å². The van der Waals surface area contributed by atoms with Gasteiger partial charge in [0.05, 0.1) is 11.9 Å². The van der Waals surface area contributed by atoms with Crippen molar-refractivity contribution in [2.24, 2.45) is 12.5 Å². The first-order chi connectivity index (χ1) is 11.8. The third-order valence-electron chi connectivity index (χ3n) is 4.54. The smallest absolute Gasteiger partial charge is 0.323 e. The Balaban J connectivity index is 1.77. The van der Waals surface area contributed by atoms with Crippen LogP contribution in [0.2, 0.25) is 0 Å². The predicted molar refractivity (Wildman–Crippen MR) is 86.7 cm³/mol. The third kappa shape index (κ3) is 3.53. The van der Waals surface area contributed by atoms with Gasteiger partial charge in [-0.1, -0.05) is 30.3 Å². The van der Waals surface area contributed by atoms with Gasteiger partial charge in [0.25, 0.3) is 0 Å². The number of rotatable bonds is 4. The Hall–Kier alpha value is -2.35. The second-order valence-electron chi connectivity index (χ2n) is 6.38. The van der Waals surface area contributed by atoms with Gasteiger partial charge in [-0.15, -0.1) is 0 Å². The molecule has 1 fully saturated rings. The molecule has 1 aliphatic heterocycles. The molecule has 0 aliphatic carbocycles. The second kappa shape index (κ2) is 6.51. The molecular formula is C17H19F3N4O. The van der Waals surface area contributed by atoms with Crippen molar-refractivity contribution >= 4 is 11.6 Å². The monoisotopic (exact) mass is 352 g/mol. The van der Waals surface area contributed by atoms with Crippen LogP contribution in [0.25, 0.3) is 0 Å². The Morgan fingerprint density at radius 1 is 1.32 bits per heavy atom. The average Bonchev–Trinajstić information content (AvgIpc) is 3.15. The second-order valence-corrected chi connectivity index (χ2v) is 6.38. The van der Waals surface area contributed by atoms with Crippen LogP contribution in [0.15, 0.2) is 42.7 Å². The van der Waals surface area contributed by atoms with Crippen LogP contribution in [0.4, 0.5) is 18.9 Å². The van der Waals surface area contributed by atoms with Gasteiger partial charge in [-0.05, 0) is 18.5 Å². The highest BCUT2D eigenvalue weighted by molar-refractivity contribution is 5.96. The molecule has 8 heteroatoms. The first kappa shape index (κ1) is 17.5. The molecule has 1 aromatic heterocycles. The zero-order chi connectivity index (χ0) is 18.1. The van der Waals surface area contributed by atoms with E-state index in [-0.39, 0.29) is 25.2 Å². The lowest BCUT2D eigenvalue weighted by atomic mass is 9.85. The van der Waals surface area contributed by atoms with Gasteiger partial charge >= 0.3 is 6.18 Å². The molecule has 0 spiro atoms. The summed E-state index contributed by atoms with van der Waals surface area (Å²) < 4.78 is 42.8. The van der Waals surface area contributed by atoms with E-state index in [0.29, 0.717) is 6.54 Å². The molecule has 2 aromatic rings. The van der Waals surface area contributed by atoms with Crippen LogP contribution in [0.1, 0.15) is 12.0 Å². The fourth-order valence-corrected chi connectivity index (χ4v) is 3.15. The van der Waals surface area contributed by atoms with Crippen LogP contribution < -0.4 is 5.32 Å². The molecule has 5 nitrogen and oxygen atoms in total. The molecule has 1 unspecified atom stereocenters. The Morgan fingerprint density at radius 3 is 2.64 bits per heavy atom. The van der Waals surface area contributed by atoms with Crippen molar-refractivity contribution in [3.8, 4) is 0 Å². The van der Waals surface area contributed by atoms with Gasteiger partial charge in [0, 0.05) is 26.3 Å². The van der Waals surface area contributed by atoms with E-state index < -0.39 is 17.5 Å². The van der Waals surface area contributed by atoms with Crippen molar-refractivity contribution in [2.45, 2.75) is 19.1 Å². The van der Waals surface area contributed by atoms with Crippen LogP contribution >= 0.6 is 0 Å². The third-order valence-corrected chi connectivity index (χ3v) is 4.54. The van der Waals surface area contributed by atoms with E-state index >= 15 is 0 Å². The maximum atomic E-state index is 13.8. The molecule has 1 N–H and O–H groups in total. The normalized spacial score (nSPS) is 21.4. The fraction of sp³-hybridized carbons (Fsp3) is 0.412. The zero-order valence-electron chi connectivity index (χ0n) is 13.8. The highest BCUT2D eigenvalue weighted by Gasteiger charge is 2.63. The number of nitrogens with zero attached hydrogens (tertiary/aromatic N) is 3. The lowest BCUT2D eigenvalue weighted by Crippen LogP contribution is -2.49. The number of aryl methyl sites for hydroxylation is 1. The molecule has 25 heavy (non-hydrogen) atoms. The fourth-order valence-electron chi connectivity index (χ4n) is 3.15. The molecule has 1 aromatic carbocycles. The van der Waals surface area contributed by atoms with E-state index in [0.717, 1.165) is 5.56 Å². The summed E-state index contributed by atoms with van der Waals surface area (Å²) in [7, 11) is 1.63. The molecule has 3 rings (SSSR count). The summed E-state index contributed by atoms with van der Waals surface area (Å²) in [5, 5.41) is 6.23. The highest BCUT2D eigenvalue weighted by Crippen LogP contribution is 2.46. The summed E-state index contributed by atoms with van der Waals surface area (Å²) >= 11 is 0. The molecule has 1 amide bonds. The van der Waals surface area contributed by atoms with Gasteiger partial charge in [-0.2, -0.15) is 18.3 Å². The van der Waals surface area contributed by atoms with Crippen molar-refractivity contribution in [1.29, 1.82) is 0 Å². The van der Waals surface area contributed by atoms with Gasteiger partial charge in [0.15, 0.2) is 5.41 Å². The van der Waals surface area contributed by atoms with Crippen molar-refractivity contribution in [3.05, 3.63) is 48.3 Å². The predicted octanol–water partition coefficient (Wildman–Crippen LogP) is 2.81. The summed E-state index contributed by atoms with van der Waals surface area (Å²) in [4.78, 5) is 14.2. The average molecular weight is 352 g/mol. The summed E-state index contributed by atoms with van der Waals surface area (Å²) in [5.41, 5.74) is -1.22. The summed E-state index contributed by atoms with van der Waals surface area (Å²) in [6, 6.07) is 9.27. The number of anilines is 1. The van der Waals surface area contributed by atoms with Crippen molar-refractivity contribution in [1.82, 2.24) is 14.7 Å². The number of hydrogen-bond acceptors (Lipinski definition) is 3. The number of alkyl halides is 3. The van der Waals surface area contributed by atoms with Crippen molar-refractivity contribution < 1.29 is 18.0 Å². The molecule has 1 atom stereocenters. The molecule has 0 radical (unpaired) electrons. The number of amides is 1. The minimum Gasteiger partial charge on any atom is -0.323 e. The zero-order valence-corrected chi connectivity index (χ0v) is 13.8. The molecule has 2 heterocycles. The van der Waals surface area contributed by atoms with Gasteiger partial charge in [-0.25, -0.2) is 0 Å². The highest BCUT2D eigenvalue weighted by atomic mass is 19.4. The van der Waals surface area contributed by atoms with E-state index in [1.54, 1.807) is 11.9 Å².